The van der Waals surface area contributed by atoms with Crippen LogP contribution in [0.2, 0.25) is 4.47 Å². The van der Waals surface area contributed by atoms with E-state index in [2.05, 4.69) is 4.98 Å². The van der Waals surface area contributed by atoms with E-state index in [1.807, 2.05) is 50.8 Å². The highest BCUT2D eigenvalue weighted by Crippen LogP contribution is 2.27. The molecule has 1 amide bonds. The fourth-order valence-corrected chi connectivity index (χ4v) is 3.26. The van der Waals surface area contributed by atoms with Crippen LogP contribution in [0.4, 0.5) is 0 Å². The SMILES string of the molecule is CC(C)N(C(=O)c1ccc2sc(Cl)nc2c1)C(C)C. The maximum Gasteiger partial charge on any atom is 0.254 e. The lowest BCUT2D eigenvalue weighted by Gasteiger charge is -2.30. The van der Waals surface area contributed by atoms with Crippen LogP contribution in [0, 0.1) is 0 Å². The Balaban J connectivity index is 2.39. The topological polar surface area (TPSA) is 33.2 Å². The van der Waals surface area contributed by atoms with Crippen LogP contribution in [-0.4, -0.2) is 27.9 Å². The van der Waals surface area contributed by atoms with E-state index in [-0.39, 0.29) is 18.0 Å². The summed E-state index contributed by atoms with van der Waals surface area (Å²) in [6, 6.07) is 5.91. The number of carbonyl (C=O) groups excluding carboxylic acids is 1. The lowest BCUT2D eigenvalue weighted by atomic mass is 10.1. The summed E-state index contributed by atoms with van der Waals surface area (Å²) in [7, 11) is 0. The standard InChI is InChI=1S/C14H17ClN2OS/c1-8(2)17(9(3)4)13(18)10-5-6-12-11(7-10)16-14(15)19-12/h5-9H,1-4H3. The second-order valence-corrected chi connectivity index (χ2v) is 6.66. The van der Waals surface area contributed by atoms with Gasteiger partial charge in [-0.25, -0.2) is 4.98 Å². The summed E-state index contributed by atoms with van der Waals surface area (Å²) < 4.78 is 1.51. The number of halogens is 1. The third kappa shape index (κ3) is 2.90. The molecular weight excluding hydrogens is 280 g/mol. The van der Waals surface area contributed by atoms with Gasteiger partial charge < -0.3 is 4.90 Å². The number of hydrogen-bond donors (Lipinski definition) is 0. The summed E-state index contributed by atoms with van der Waals surface area (Å²) in [5, 5.41) is 0. The summed E-state index contributed by atoms with van der Waals surface area (Å²) in [5.41, 5.74) is 1.45. The van der Waals surface area contributed by atoms with Crippen LogP contribution in [-0.2, 0) is 0 Å². The molecule has 0 radical (unpaired) electrons. The van der Waals surface area contributed by atoms with Gasteiger partial charge in [-0.15, -0.1) is 11.3 Å². The Bertz CT molecular complexity index is 599. The Morgan fingerprint density at radius 1 is 1.26 bits per heavy atom. The third-order valence-corrected chi connectivity index (χ3v) is 4.10. The van der Waals surface area contributed by atoms with Crippen LogP contribution < -0.4 is 0 Å². The molecule has 102 valence electrons. The summed E-state index contributed by atoms with van der Waals surface area (Å²) in [6.07, 6.45) is 0. The second-order valence-electron chi connectivity index (χ2n) is 5.05. The summed E-state index contributed by atoms with van der Waals surface area (Å²) in [4.78, 5) is 18.6. The van der Waals surface area contributed by atoms with E-state index in [4.69, 9.17) is 11.6 Å². The third-order valence-electron chi connectivity index (χ3n) is 2.96. The molecule has 19 heavy (non-hydrogen) atoms. The van der Waals surface area contributed by atoms with Crippen molar-refractivity contribution in [2.24, 2.45) is 0 Å². The predicted octanol–water partition coefficient (Wildman–Crippen LogP) is 4.21. The molecule has 1 aromatic heterocycles. The maximum absolute atomic E-state index is 12.5. The molecule has 0 aliphatic carbocycles. The molecule has 0 unspecified atom stereocenters. The van der Waals surface area contributed by atoms with Crippen molar-refractivity contribution < 1.29 is 4.79 Å². The number of carbonyl (C=O) groups is 1. The smallest absolute Gasteiger partial charge is 0.254 e. The van der Waals surface area contributed by atoms with Crippen LogP contribution in [0.5, 0.6) is 0 Å². The van der Waals surface area contributed by atoms with Gasteiger partial charge >= 0.3 is 0 Å². The summed E-state index contributed by atoms with van der Waals surface area (Å²) >= 11 is 7.31. The Morgan fingerprint density at radius 3 is 2.47 bits per heavy atom. The molecule has 0 spiro atoms. The Kier molecular flexibility index (Phi) is 4.11. The van der Waals surface area contributed by atoms with E-state index >= 15 is 0 Å². The zero-order valence-electron chi connectivity index (χ0n) is 11.5. The number of thiazole rings is 1. The Hall–Kier alpha value is -1.13. The lowest BCUT2D eigenvalue weighted by Crippen LogP contribution is -2.42. The number of fused-ring (bicyclic) bond motifs is 1. The molecule has 0 fully saturated rings. The Morgan fingerprint density at radius 2 is 1.89 bits per heavy atom. The van der Waals surface area contributed by atoms with Crippen LogP contribution in [0.3, 0.4) is 0 Å². The highest BCUT2D eigenvalue weighted by molar-refractivity contribution is 7.22. The maximum atomic E-state index is 12.5. The van der Waals surface area contributed by atoms with Crippen molar-refractivity contribution in [3.8, 4) is 0 Å². The molecule has 0 aliphatic heterocycles. The lowest BCUT2D eigenvalue weighted by molar-refractivity contribution is 0.0644. The van der Waals surface area contributed by atoms with Crippen LogP contribution >= 0.6 is 22.9 Å². The Labute approximate surface area is 122 Å². The van der Waals surface area contributed by atoms with Gasteiger partial charge in [0, 0.05) is 17.6 Å². The second kappa shape index (κ2) is 5.47. The zero-order chi connectivity index (χ0) is 14.2. The molecule has 3 nitrogen and oxygen atoms in total. The first-order valence-corrected chi connectivity index (χ1v) is 7.48. The van der Waals surface area contributed by atoms with E-state index < -0.39 is 0 Å². The van der Waals surface area contributed by atoms with Crippen molar-refractivity contribution in [1.29, 1.82) is 0 Å². The van der Waals surface area contributed by atoms with Gasteiger partial charge in [-0.1, -0.05) is 11.6 Å². The van der Waals surface area contributed by atoms with E-state index in [9.17, 15) is 4.79 Å². The van der Waals surface area contributed by atoms with Crippen LogP contribution in [0.15, 0.2) is 18.2 Å². The van der Waals surface area contributed by atoms with Gasteiger partial charge in [0.15, 0.2) is 4.47 Å². The monoisotopic (exact) mass is 296 g/mol. The fourth-order valence-electron chi connectivity index (χ4n) is 2.25. The summed E-state index contributed by atoms with van der Waals surface area (Å²) in [5.74, 6) is 0.0380. The molecule has 0 saturated heterocycles. The van der Waals surface area contributed by atoms with E-state index in [0.717, 1.165) is 10.2 Å². The van der Waals surface area contributed by atoms with Gasteiger partial charge in [-0.3, -0.25) is 4.79 Å². The van der Waals surface area contributed by atoms with E-state index in [0.29, 0.717) is 10.0 Å². The van der Waals surface area contributed by atoms with Crippen molar-refractivity contribution in [3.05, 3.63) is 28.2 Å². The van der Waals surface area contributed by atoms with Gasteiger partial charge in [0.25, 0.3) is 5.91 Å². The van der Waals surface area contributed by atoms with Gasteiger partial charge in [-0.05, 0) is 45.9 Å². The minimum Gasteiger partial charge on any atom is -0.334 e. The molecule has 1 heterocycles. The number of hydrogen-bond acceptors (Lipinski definition) is 3. The first-order valence-electron chi connectivity index (χ1n) is 6.29. The van der Waals surface area contributed by atoms with Crippen molar-refractivity contribution >= 4 is 39.1 Å². The molecule has 5 heteroatoms. The number of aromatic nitrogens is 1. The average Bonchev–Trinajstić information content (AvgIpc) is 2.66. The molecule has 1 aromatic carbocycles. The molecule has 2 rings (SSSR count). The quantitative estimate of drug-likeness (QED) is 0.850. The number of benzene rings is 1. The molecular formula is C14H17ClN2OS. The van der Waals surface area contributed by atoms with E-state index in [1.54, 1.807) is 0 Å². The van der Waals surface area contributed by atoms with Crippen molar-refractivity contribution in [1.82, 2.24) is 9.88 Å². The van der Waals surface area contributed by atoms with Gasteiger partial charge in [0.05, 0.1) is 10.2 Å². The molecule has 0 N–H and O–H groups in total. The van der Waals surface area contributed by atoms with Crippen molar-refractivity contribution in [2.75, 3.05) is 0 Å². The van der Waals surface area contributed by atoms with Gasteiger partial charge in [-0.2, -0.15) is 0 Å². The fraction of sp³-hybridized carbons (Fsp3) is 0.429. The van der Waals surface area contributed by atoms with Crippen LogP contribution in [0.25, 0.3) is 10.2 Å². The zero-order valence-corrected chi connectivity index (χ0v) is 13.0. The molecule has 0 aliphatic rings. The van der Waals surface area contributed by atoms with E-state index in [1.165, 1.54) is 11.3 Å². The first-order chi connectivity index (χ1) is 8.90. The number of nitrogens with zero attached hydrogens (tertiary/aromatic N) is 2. The summed E-state index contributed by atoms with van der Waals surface area (Å²) in [6.45, 7) is 8.10. The first kappa shape index (κ1) is 14.3. The molecule has 0 saturated carbocycles. The van der Waals surface area contributed by atoms with Crippen molar-refractivity contribution in [2.45, 2.75) is 39.8 Å². The average molecular weight is 297 g/mol. The normalized spacial score (nSPS) is 11.5. The van der Waals surface area contributed by atoms with Crippen LogP contribution in [0.1, 0.15) is 38.1 Å². The van der Waals surface area contributed by atoms with Gasteiger partial charge in [0.2, 0.25) is 0 Å². The minimum atomic E-state index is 0.0380. The minimum absolute atomic E-state index is 0.0380. The van der Waals surface area contributed by atoms with Crippen molar-refractivity contribution in [3.63, 3.8) is 0 Å². The molecule has 0 atom stereocenters. The predicted molar refractivity (Wildman–Crippen MR) is 81.1 cm³/mol. The number of amides is 1. The molecule has 0 bridgehead atoms. The number of rotatable bonds is 3. The highest BCUT2D eigenvalue weighted by Gasteiger charge is 2.21. The highest BCUT2D eigenvalue weighted by atomic mass is 35.5. The largest absolute Gasteiger partial charge is 0.334 e. The van der Waals surface area contributed by atoms with Gasteiger partial charge in [0.1, 0.15) is 0 Å². The molecule has 2 aromatic rings.